The number of hydrogen-bond acceptors (Lipinski definition) is 3. The number of epoxide rings is 1. The molecule has 1 amide bonds. The van der Waals surface area contributed by atoms with Crippen LogP contribution in [0.25, 0.3) is 0 Å². The third kappa shape index (κ3) is 5.47. The molecule has 1 atom stereocenters. The molecule has 1 aliphatic heterocycles. The number of hydrogen-bond donors (Lipinski definition) is 1. The lowest BCUT2D eigenvalue weighted by Gasteiger charge is -2.19. The van der Waals surface area contributed by atoms with Crippen LogP contribution in [0.4, 0.5) is 4.79 Å². The Morgan fingerprint density at radius 2 is 2.23 bits per heavy atom. The van der Waals surface area contributed by atoms with E-state index in [9.17, 15) is 4.79 Å². The highest BCUT2D eigenvalue weighted by atomic mass is 16.6. The van der Waals surface area contributed by atoms with Crippen molar-refractivity contribution >= 4 is 6.09 Å². The second kappa shape index (κ2) is 3.96. The van der Waals surface area contributed by atoms with E-state index in [0.29, 0.717) is 12.6 Å². The predicted octanol–water partition coefficient (Wildman–Crippen LogP) is 1.30. The maximum atomic E-state index is 11.1. The normalized spacial score (nSPS) is 21.0. The molecule has 1 rings (SSSR count). The van der Waals surface area contributed by atoms with Gasteiger partial charge in [0.15, 0.2) is 0 Å². The Morgan fingerprint density at radius 1 is 1.62 bits per heavy atom. The van der Waals surface area contributed by atoms with Crippen LogP contribution in [0.2, 0.25) is 0 Å². The number of ether oxygens (including phenoxy) is 2. The fraction of sp³-hybridized carbons (Fsp3) is 0.889. The summed E-state index contributed by atoms with van der Waals surface area (Å²) in [7, 11) is 0. The zero-order chi connectivity index (χ0) is 9.90. The minimum absolute atomic E-state index is 0.354. The molecule has 0 radical (unpaired) electrons. The van der Waals surface area contributed by atoms with Crippen molar-refractivity contribution in [2.45, 2.75) is 38.9 Å². The molecule has 13 heavy (non-hydrogen) atoms. The van der Waals surface area contributed by atoms with Gasteiger partial charge in [0.2, 0.25) is 0 Å². The summed E-state index contributed by atoms with van der Waals surface area (Å²) in [6.45, 7) is 6.99. The number of carbonyl (C=O) groups excluding carboxylic acids is 1. The zero-order valence-corrected chi connectivity index (χ0v) is 8.42. The Balaban J connectivity index is 2.02. The van der Waals surface area contributed by atoms with Gasteiger partial charge in [-0.15, -0.1) is 0 Å². The van der Waals surface area contributed by atoms with Crippen LogP contribution in [0.1, 0.15) is 27.2 Å². The first-order valence-corrected chi connectivity index (χ1v) is 4.56. The summed E-state index contributed by atoms with van der Waals surface area (Å²) >= 11 is 0. The minimum atomic E-state index is -0.417. The number of rotatable bonds is 3. The van der Waals surface area contributed by atoms with Gasteiger partial charge in [0.05, 0.1) is 12.7 Å². The van der Waals surface area contributed by atoms with Gasteiger partial charge in [0.25, 0.3) is 0 Å². The molecule has 1 fully saturated rings. The SMILES string of the molecule is CC(C)(C)OC(=O)NCCC1CO1. The lowest BCUT2D eigenvalue weighted by molar-refractivity contribution is 0.0526. The van der Waals surface area contributed by atoms with Gasteiger partial charge in [-0.05, 0) is 27.2 Å². The standard InChI is InChI=1S/C9H17NO3/c1-9(2,3)13-8(11)10-5-4-7-6-12-7/h7H,4-6H2,1-3H3,(H,10,11). The van der Waals surface area contributed by atoms with Crippen LogP contribution in [0.15, 0.2) is 0 Å². The average Bonchev–Trinajstić information content (AvgIpc) is 2.66. The molecule has 76 valence electrons. The van der Waals surface area contributed by atoms with Crippen molar-refractivity contribution in [2.24, 2.45) is 0 Å². The van der Waals surface area contributed by atoms with Crippen molar-refractivity contribution in [3.8, 4) is 0 Å². The molecule has 1 aliphatic rings. The van der Waals surface area contributed by atoms with E-state index in [4.69, 9.17) is 9.47 Å². The van der Waals surface area contributed by atoms with Gasteiger partial charge in [-0.3, -0.25) is 0 Å². The molecule has 1 unspecified atom stereocenters. The summed E-state index contributed by atoms with van der Waals surface area (Å²) in [5.41, 5.74) is -0.417. The van der Waals surface area contributed by atoms with E-state index in [0.717, 1.165) is 13.0 Å². The molecule has 4 heteroatoms. The van der Waals surface area contributed by atoms with Crippen molar-refractivity contribution in [3.63, 3.8) is 0 Å². The molecule has 0 spiro atoms. The molecule has 4 nitrogen and oxygen atoms in total. The molecule has 1 N–H and O–H groups in total. The van der Waals surface area contributed by atoms with Crippen molar-refractivity contribution in [1.82, 2.24) is 5.32 Å². The summed E-state index contributed by atoms with van der Waals surface area (Å²) in [4.78, 5) is 11.1. The second-order valence-corrected chi connectivity index (χ2v) is 4.17. The van der Waals surface area contributed by atoms with Crippen molar-refractivity contribution < 1.29 is 14.3 Å². The van der Waals surface area contributed by atoms with Gasteiger partial charge in [-0.1, -0.05) is 0 Å². The van der Waals surface area contributed by atoms with E-state index in [1.807, 2.05) is 20.8 Å². The molecule has 0 aromatic heterocycles. The van der Waals surface area contributed by atoms with Crippen molar-refractivity contribution in [3.05, 3.63) is 0 Å². The predicted molar refractivity (Wildman–Crippen MR) is 48.6 cm³/mol. The molecule has 0 aromatic carbocycles. The third-order valence-electron chi connectivity index (χ3n) is 1.54. The number of alkyl carbamates (subject to hydrolysis) is 1. The Kier molecular flexibility index (Phi) is 3.14. The van der Waals surface area contributed by atoms with Crippen LogP contribution in [0, 0.1) is 0 Å². The van der Waals surface area contributed by atoms with Crippen molar-refractivity contribution in [1.29, 1.82) is 0 Å². The summed E-state index contributed by atoms with van der Waals surface area (Å²) in [5, 5.41) is 2.67. The Labute approximate surface area is 78.6 Å². The minimum Gasteiger partial charge on any atom is -0.444 e. The van der Waals surface area contributed by atoms with Crippen molar-refractivity contribution in [2.75, 3.05) is 13.2 Å². The quantitative estimate of drug-likeness (QED) is 0.677. The fourth-order valence-corrected chi connectivity index (χ4v) is 0.884. The van der Waals surface area contributed by atoms with Crippen LogP contribution < -0.4 is 5.32 Å². The van der Waals surface area contributed by atoms with Gasteiger partial charge in [-0.25, -0.2) is 4.79 Å². The molecule has 0 saturated carbocycles. The first kappa shape index (κ1) is 10.3. The van der Waals surface area contributed by atoms with Gasteiger partial charge in [0, 0.05) is 6.54 Å². The van der Waals surface area contributed by atoms with Crippen LogP contribution in [0.5, 0.6) is 0 Å². The highest BCUT2D eigenvalue weighted by molar-refractivity contribution is 5.67. The smallest absolute Gasteiger partial charge is 0.407 e. The summed E-state index contributed by atoms with van der Waals surface area (Å²) < 4.78 is 10.0. The Bertz CT molecular complexity index is 182. The fourth-order valence-electron chi connectivity index (χ4n) is 0.884. The van der Waals surface area contributed by atoms with Crippen LogP contribution in [-0.2, 0) is 9.47 Å². The molecule has 0 aromatic rings. The van der Waals surface area contributed by atoms with E-state index in [-0.39, 0.29) is 6.09 Å². The van der Waals surface area contributed by atoms with E-state index in [1.54, 1.807) is 0 Å². The Hall–Kier alpha value is -0.770. The monoisotopic (exact) mass is 187 g/mol. The molecule has 0 bridgehead atoms. The molecular weight excluding hydrogens is 170 g/mol. The highest BCUT2D eigenvalue weighted by Gasteiger charge is 2.22. The maximum Gasteiger partial charge on any atom is 0.407 e. The van der Waals surface area contributed by atoms with Gasteiger partial charge < -0.3 is 14.8 Å². The largest absolute Gasteiger partial charge is 0.444 e. The lowest BCUT2D eigenvalue weighted by atomic mass is 10.2. The average molecular weight is 187 g/mol. The number of carbonyl (C=O) groups is 1. The first-order chi connectivity index (χ1) is 5.97. The van der Waals surface area contributed by atoms with E-state index in [2.05, 4.69) is 5.32 Å². The van der Waals surface area contributed by atoms with Gasteiger partial charge in [-0.2, -0.15) is 0 Å². The highest BCUT2D eigenvalue weighted by Crippen LogP contribution is 2.12. The van der Waals surface area contributed by atoms with Crippen LogP contribution >= 0.6 is 0 Å². The third-order valence-corrected chi connectivity index (χ3v) is 1.54. The van der Waals surface area contributed by atoms with Gasteiger partial charge >= 0.3 is 6.09 Å². The number of amides is 1. The summed E-state index contributed by atoms with van der Waals surface area (Å²) in [5.74, 6) is 0. The first-order valence-electron chi connectivity index (χ1n) is 4.56. The summed E-state index contributed by atoms with van der Waals surface area (Å²) in [6.07, 6.45) is 0.877. The van der Waals surface area contributed by atoms with E-state index in [1.165, 1.54) is 0 Å². The molecule has 0 aliphatic carbocycles. The van der Waals surface area contributed by atoms with Gasteiger partial charge in [0.1, 0.15) is 5.60 Å². The second-order valence-electron chi connectivity index (χ2n) is 4.17. The van der Waals surface area contributed by atoms with Crippen LogP contribution in [-0.4, -0.2) is 30.9 Å². The van der Waals surface area contributed by atoms with Crippen LogP contribution in [0.3, 0.4) is 0 Å². The van der Waals surface area contributed by atoms with E-state index < -0.39 is 5.60 Å². The molecule has 1 saturated heterocycles. The summed E-state index contributed by atoms with van der Waals surface area (Å²) in [6, 6.07) is 0. The zero-order valence-electron chi connectivity index (χ0n) is 8.42. The topological polar surface area (TPSA) is 50.9 Å². The lowest BCUT2D eigenvalue weighted by Crippen LogP contribution is -2.33. The van der Waals surface area contributed by atoms with E-state index >= 15 is 0 Å². The maximum absolute atomic E-state index is 11.1. The molecular formula is C9H17NO3. The number of nitrogens with one attached hydrogen (secondary N) is 1. The molecule has 1 heterocycles. The Morgan fingerprint density at radius 3 is 2.69 bits per heavy atom.